The summed E-state index contributed by atoms with van der Waals surface area (Å²) in [6, 6.07) is 8.00. The number of carbonyl (C=O) groups is 4. The SMILES string of the molecule is COC1(NC(=O)C(O)c2ccccc2)C(=O)N2C(C(=O)[O-])=C(C(CC(=O)[O-])Sc3nn[nH]n3)CS[C@H]21.[K+].[K+]. The summed E-state index contributed by atoms with van der Waals surface area (Å²) < 4.78 is 5.35. The summed E-state index contributed by atoms with van der Waals surface area (Å²) >= 11 is 1.87. The number of carboxylic acid groups (broad SMARTS) is 2. The number of rotatable bonds is 10. The second kappa shape index (κ2) is 14.6. The van der Waals surface area contributed by atoms with Crippen LogP contribution in [-0.2, 0) is 23.9 Å². The molecule has 2 aromatic rings. The first-order valence-corrected chi connectivity index (χ1v) is 12.2. The molecule has 0 spiro atoms. The first-order chi connectivity index (χ1) is 17.2. The minimum absolute atomic E-state index is 0. The molecule has 3 heterocycles. The van der Waals surface area contributed by atoms with Gasteiger partial charge in [0, 0.05) is 30.5 Å². The van der Waals surface area contributed by atoms with Crippen LogP contribution in [0, 0.1) is 0 Å². The molecule has 1 saturated heterocycles. The number of aliphatic hydroxyl groups excluding tert-OH is 1. The van der Waals surface area contributed by atoms with Gasteiger partial charge in [0.1, 0.15) is 5.37 Å². The fourth-order valence-corrected chi connectivity index (χ4v) is 6.51. The van der Waals surface area contributed by atoms with E-state index in [1.165, 1.54) is 12.1 Å². The molecule has 4 rings (SSSR count). The Morgan fingerprint density at radius 3 is 2.55 bits per heavy atom. The summed E-state index contributed by atoms with van der Waals surface area (Å²) in [6.45, 7) is 0. The van der Waals surface area contributed by atoms with Crippen molar-refractivity contribution in [2.75, 3.05) is 12.9 Å². The first kappa shape index (κ1) is 34.0. The average molecular weight is 613 g/mol. The first-order valence-electron chi connectivity index (χ1n) is 10.3. The third-order valence-corrected chi connectivity index (χ3v) is 8.02. The molecule has 2 aliphatic heterocycles. The summed E-state index contributed by atoms with van der Waals surface area (Å²) in [4.78, 5) is 50.4. The molecule has 1 fully saturated rings. The van der Waals surface area contributed by atoms with Gasteiger partial charge in [0.25, 0.3) is 17.5 Å². The number of H-pyrrole nitrogens is 1. The van der Waals surface area contributed by atoms with E-state index in [2.05, 4.69) is 25.9 Å². The maximum atomic E-state index is 13.3. The molecule has 0 aliphatic carbocycles. The molecule has 38 heavy (non-hydrogen) atoms. The number of aromatic nitrogens is 4. The number of β-lactam (4-membered cyclic amide) rings is 1. The van der Waals surface area contributed by atoms with E-state index in [0.29, 0.717) is 0 Å². The zero-order valence-electron chi connectivity index (χ0n) is 20.4. The molecule has 4 atom stereocenters. The van der Waals surface area contributed by atoms with Gasteiger partial charge in [0.15, 0.2) is 6.10 Å². The molecular weight excluding hydrogens is 595 g/mol. The Balaban J connectivity index is 0.00000253. The summed E-state index contributed by atoms with van der Waals surface area (Å²) in [6.07, 6.45) is -2.22. The molecular formula is C20H18K2N6O8S2. The topological polar surface area (TPSA) is 214 Å². The number of ether oxygens (including phenoxy) is 1. The summed E-state index contributed by atoms with van der Waals surface area (Å²) in [7, 11) is 1.16. The van der Waals surface area contributed by atoms with Crippen molar-refractivity contribution in [2.24, 2.45) is 0 Å². The van der Waals surface area contributed by atoms with Crippen molar-refractivity contribution >= 4 is 47.3 Å². The van der Waals surface area contributed by atoms with E-state index in [1.54, 1.807) is 18.2 Å². The average Bonchev–Trinajstić information content (AvgIpc) is 3.38. The third-order valence-electron chi connectivity index (χ3n) is 5.56. The van der Waals surface area contributed by atoms with Gasteiger partial charge >= 0.3 is 103 Å². The normalized spacial score (nSPS) is 21.7. The number of methoxy groups -OCH3 is 1. The van der Waals surface area contributed by atoms with Crippen LogP contribution in [0.2, 0.25) is 0 Å². The number of aliphatic hydroxyl groups is 1. The Bertz CT molecular complexity index is 1220. The number of tetrazole rings is 1. The number of nitrogens with zero attached hydrogens (tertiary/aromatic N) is 4. The smallest absolute Gasteiger partial charge is 0.550 e. The number of carbonyl (C=O) groups excluding carboxylic acids is 4. The fraction of sp³-hybridized carbons (Fsp3) is 0.350. The summed E-state index contributed by atoms with van der Waals surface area (Å²) in [5, 5.41) is 47.4. The van der Waals surface area contributed by atoms with Gasteiger partial charge in [0.05, 0.1) is 11.7 Å². The van der Waals surface area contributed by atoms with Gasteiger partial charge in [0.2, 0.25) is 5.16 Å². The van der Waals surface area contributed by atoms with Gasteiger partial charge in [-0.15, -0.1) is 22.0 Å². The Morgan fingerprint density at radius 2 is 2.00 bits per heavy atom. The molecule has 2 amide bonds. The van der Waals surface area contributed by atoms with Crippen LogP contribution in [0.15, 0.2) is 46.8 Å². The molecule has 190 valence electrons. The standard InChI is InChI=1S/C20H20N6O8S2.2K/c1-34-20(21-15(30)14(29)9-5-3-2-4-6-9)17(33)26-13(16(31)32)10(8-35-18(20)26)11(7-12(27)28)36-19-22-24-25-23-19;;/h2-6,11,14,18,29H,7-8H2,1H3,(H,21,30)(H,27,28)(H,31,32)(H,22,23,24,25);;/q;2*+1/p-2/t11?,14?,18-,20?;;/m0../s1. The fourth-order valence-electron chi connectivity index (χ4n) is 3.89. The number of nitrogens with one attached hydrogen (secondary N) is 2. The number of benzene rings is 1. The van der Waals surface area contributed by atoms with Gasteiger partial charge in [-0.25, -0.2) is 0 Å². The van der Waals surface area contributed by atoms with Crippen LogP contribution < -0.4 is 118 Å². The zero-order valence-corrected chi connectivity index (χ0v) is 28.3. The molecule has 0 saturated carbocycles. The van der Waals surface area contributed by atoms with E-state index in [9.17, 15) is 34.5 Å². The molecule has 0 radical (unpaired) electrons. The Kier molecular flexibility index (Phi) is 13.1. The van der Waals surface area contributed by atoms with Crippen LogP contribution >= 0.6 is 23.5 Å². The van der Waals surface area contributed by atoms with E-state index in [1.807, 2.05) is 0 Å². The number of carboxylic acids is 2. The minimum atomic E-state index is -1.96. The van der Waals surface area contributed by atoms with E-state index in [4.69, 9.17) is 4.74 Å². The number of hydrogen-bond acceptors (Lipinski definition) is 13. The van der Waals surface area contributed by atoms with Gasteiger partial charge in [-0.2, -0.15) is 5.21 Å². The van der Waals surface area contributed by atoms with Crippen molar-refractivity contribution in [3.63, 3.8) is 0 Å². The van der Waals surface area contributed by atoms with E-state index in [-0.39, 0.29) is 125 Å². The van der Waals surface area contributed by atoms with Crippen molar-refractivity contribution in [3.05, 3.63) is 47.2 Å². The third kappa shape index (κ3) is 6.81. The summed E-state index contributed by atoms with van der Waals surface area (Å²) in [5.41, 5.74) is -2.16. The summed E-state index contributed by atoms with van der Waals surface area (Å²) in [5.74, 6) is -5.09. The molecule has 0 bridgehead atoms. The molecule has 18 heteroatoms. The van der Waals surface area contributed by atoms with Gasteiger partial charge in [-0.05, 0) is 16.3 Å². The zero-order chi connectivity index (χ0) is 26.0. The Morgan fingerprint density at radius 1 is 1.32 bits per heavy atom. The Hall–Kier alpha value is -0.197. The van der Waals surface area contributed by atoms with Crippen LogP contribution in [0.3, 0.4) is 0 Å². The van der Waals surface area contributed by atoms with Crippen LogP contribution in [0.1, 0.15) is 18.1 Å². The molecule has 1 aromatic heterocycles. The monoisotopic (exact) mass is 612 g/mol. The van der Waals surface area contributed by atoms with Crippen molar-refractivity contribution in [3.8, 4) is 0 Å². The molecule has 3 unspecified atom stereocenters. The van der Waals surface area contributed by atoms with E-state index >= 15 is 0 Å². The van der Waals surface area contributed by atoms with Gasteiger partial charge < -0.3 is 35.0 Å². The molecule has 1 aromatic carbocycles. The van der Waals surface area contributed by atoms with Crippen LogP contribution in [0.5, 0.6) is 0 Å². The predicted molar refractivity (Wildman–Crippen MR) is 118 cm³/mol. The number of hydrogen-bond donors (Lipinski definition) is 3. The number of amides is 2. The van der Waals surface area contributed by atoms with E-state index in [0.717, 1.165) is 35.5 Å². The molecule has 2 aliphatic rings. The largest absolute Gasteiger partial charge is 1.00 e. The minimum Gasteiger partial charge on any atom is -0.550 e. The predicted octanol–water partition coefficient (Wildman–Crippen LogP) is -9.08. The second-order valence-corrected chi connectivity index (χ2v) is 9.86. The number of aliphatic carboxylic acids is 2. The second-order valence-electron chi connectivity index (χ2n) is 7.62. The number of aromatic amines is 1. The van der Waals surface area contributed by atoms with Crippen LogP contribution in [0.4, 0.5) is 0 Å². The number of fused-ring (bicyclic) bond motifs is 1. The van der Waals surface area contributed by atoms with Crippen molar-refractivity contribution in [1.29, 1.82) is 0 Å². The molecule has 3 N–H and O–H groups in total. The van der Waals surface area contributed by atoms with E-state index < -0.39 is 58.3 Å². The van der Waals surface area contributed by atoms with Crippen molar-refractivity contribution in [1.82, 2.24) is 30.8 Å². The van der Waals surface area contributed by atoms with Gasteiger partial charge in [-0.1, -0.05) is 42.1 Å². The maximum absolute atomic E-state index is 13.3. The Labute approximate surface area is 309 Å². The molecule has 14 nitrogen and oxygen atoms in total. The van der Waals surface area contributed by atoms with Crippen molar-refractivity contribution < 1.29 is 142 Å². The van der Waals surface area contributed by atoms with Crippen molar-refractivity contribution in [2.45, 2.75) is 34.0 Å². The van der Waals surface area contributed by atoms with Crippen LogP contribution in [0.25, 0.3) is 0 Å². The number of thioether (sulfide) groups is 2. The van der Waals surface area contributed by atoms with Gasteiger partial charge in [-0.3, -0.25) is 14.5 Å². The van der Waals surface area contributed by atoms with Crippen LogP contribution in [-0.4, -0.2) is 83.6 Å². The quantitative estimate of drug-likeness (QED) is 0.0985. The maximum Gasteiger partial charge on any atom is 1.00 e.